The Morgan fingerprint density at radius 3 is 2.52 bits per heavy atom. The van der Waals surface area contributed by atoms with Crippen LogP contribution in [0.2, 0.25) is 0 Å². The van der Waals surface area contributed by atoms with E-state index in [4.69, 9.17) is 0 Å². The fourth-order valence-corrected chi connectivity index (χ4v) is 4.26. The van der Waals surface area contributed by atoms with Crippen LogP contribution >= 0.6 is 0 Å². The molecule has 1 heterocycles. The Bertz CT molecular complexity index is 582. The van der Waals surface area contributed by atoms with Crippen molar-refractivity contribution in [3.63, 3.8) is 0 Å². The third kappa shape index (κ3) is 4.59. The molecule has 0 bridgehead atoms. The molecule has 138 valence electrons. The van der Waals surface area contributed by atoms with Gasteiger partial charge in [0.15, 0.2) is 6.54 Å². The van der Waals surface area contributed by atoms with Crippen molar-refractivity contribution in [1.29, 1.82) is 0 Å². The van der Waals surface area contributed by atoms with Gasteiger partial charge in [-0.3, -0.25) is 4.79 Å². The first kappa shape index (κ1) is 18.3. The average molecular weight is 349 g/mol. The highest BCUT2D eigenvalue weighted by molar-refractivity contribution is 5.77. The first-order valence-corrected chi connectivity index (χ1v) is 9.58. The third-order valence-electron chi connectivity index (χ3n) is 6.03. The van der Waals surface area contributed by atoms with E-state index in [1.54, 1.807) is 12.1 Å². The molecular weight excluding hydrogens is 319 g/mol. The van der Waals surface area contributed by atoms with Gasteiger partial charge < -0.3 is 15.3 Å². The second-order valence-corrected chi connectivity index (χ2v) is 7.90. The van der Waals surface area contributed by atoms with Crippen LogP contribution in [0.4, 0.5) is 4.39 Å². The molecule has 2 aliphatic rings. The Hall–Kier alpha value is -1.46. The number of carbonyl (C=O) groups excluding carboxylic acids is 1. The molecular formula is C20H30FN2O2+. The van der Waals surface area contributed by atoms with Gasteiger partial charge in [-0.25, -0.2) is 4.39 Å². The van der Waals surface area contributed by atoms with Gasteiger partial charge in [-0.1, -0.05) is 31.9 Å². The predicted molar refractivity (Wildman–Crippen MR) is 94.7 cm³/mol. The van der Waals surface area contributed by atoms with E-state index < -0.39 is 5.60 Å². The summed E-state index contributed by atoms with van der Waals surface area (Å²) >= 11 is 0. The fourth-order valence-electron chi connectivity index (χ4n) is 4.26. The van der Waals surface area contributed by atoms with Crippen LogP contribution in [0.15, 0.2) is 24.3 Å². The zero-order valence-electron chi connectivity index (χ0n) is 15.1. The van der Waals surface area contributed by atoms with Crippen molar-refractivity contribution in [3.8, 4) is 0 Å². The van der Waals surface area contributed by atoms with Gasteiger partial charge in [-0.15, -0.1) is 0 Å². The number of hydrogen-bond acceptors (Lipinski definition) is 2. The number of piperidine rings is 1. The quantitative estimate of drug-likeness (QED) is 0.769. The first-order chi connectivity index (χ1) is 12.0. The summed E-state index contributed by atoms with van der Waals surface area (Å²) in [7, 11) is 0. The molecule has 3 rings (SSSR count). The molecule has 1 saturated heterocycles. The van der Waals surface area contributed by atoms with E-state index in [1.807, 2.05) is 0 Å². The number of amides is 1. The molecule has 25 heavy (non-hydrogen) atoms. The molecule has 0 radical (unpaired) electrons. The largest absolute Gasteiger partial charge is 0.385 e. The smallest absolute Gasteiger partial charge is 0.275 e. The van der Waals surface area contributed by atoms with Crippen molar-refractivity contribution in [1.82, 2.24) is 5.32 Å². The summed E-state index contributed by atoms with van der Waals surface area (Å²) in [5.74, 6) is 0.405. The van der Waals surface area contributed by atoms with E-state index in [0.717, 1.165) is 25.1 Å². The number of likely N-dealkylation sites (tertiary alicyclic amines) is 1. The van der Waals surface area contributed by atoms with Crippen LogP contribution in [0.3, 0.4) is 0 Å². The molecule has 1 aromatic carbocycles. The monoisotopic (exact) mass is 349 g/mol. The number of hydrogen-bond donors (Lipinski definition) is 3. The molecule has 5 heteroatoms. The van der Waals surface area contributed by atoms with Crippen LogP contribution in [0.5, 0.6) is 0 Å². The second kappa shape index (κ2) is 7.83. The molecule has 1 aromatic rings. The number of nitrogens with one attached hydrogen (secondary N) is 2. The maximum Gasteiger partial charge on any atom is 0.275 e. The van der Waals surface area contributed by atoms with Gasteiger partial charge in [0, 0.05) is 18.9 Å². The lowest BCUT2D eigenvalue weighted by Gasteiger charge is -2.36. The van der Waals surface area contributed by atoms with E-state index in [0.29, 0.717) is 31.3 Å². The van der Waals surface area contributed by atoms with E-state index in [1.165, 1.54) is 36.3 Å². The number of aliphatic hydroxyl groups is 1. The summed E-state index contributed by atoms with van der Waals surface area (Å²) in [6.07, 6.45) is 5.96. The summed E-state index contributed by atoms with van der Waals surface area (Å²) in [6, 6.07) is 6.44. The minimum atomic E-state index is -0.897. The summed E-state index contributed by atoms with van der Waals surface area (Å²) in [4.78, 5) is 13.6. The van der Waals surface area contributed by atoms with Crippen LogP contribution in [0.25, 0.3) is 0 Å². The minimum absolute atomic E-state index is 0.126. The Kier molecular flexibility index (Phi) is 5.74. The fraction of sp³-hybridized carbons (Fsp3) is 0.650. The number of halogens is 1. The molecule has 1 aliphatic carbocycles. The highest BCUT2D eigenvalue weighted by Gasteiger charge is 2.37. The van der Waals surface area contributed by atoms with E-state index in [9.17, 15) is 14.3 Å². The van der Waals surface area contributed by atoms with Crippen LogP contribution in [-0.4, -0.2) is 36.7 Å². The topological polar surface area (TPSA) is 53.8 Å². The van der Waals surface area contributed by atoms with Gasteiger partial charge in [-0.05, 0) is 36.5 Å². The average Bonchev–Trinajstić information content (AvgIpc) is 2.60. The second-order valence-electron chi connectivity index (χ2n) is 7.90. The van der Waals surface area contributed by atoms with Gasteiger partial charge in [0.2, 0.25) is 0 Å². The van der Waals surface area contributed by atoms with Crippen molar-refractivity contribution in [2.24, 2.45) is 5.92 Å². The molecule has 1 saturated carbocycles. The lowest BCUT2D eigenvalue weighted by molar-refractivity contribution is -0.900. The summed E-state index contributed by atoms with van der Waals surface area (Å²) in [5, 5.41) is 14.1. The molecule has 0 aromatic heterocycles. The normalized spacial score (nSPS) is 33.0. The maximum atomic E-state index is 13.1. The molecule has 2 atom stereocenters. The van der Waals surface area contributed by atoms with Gasteiger partial charge in [0.1, 0.15) is 11.4 Å². The standard InChI is InChI=1S/C20H29FN2O2/c1-15-4-2-3-5-18(15)22-19(24)14-23-12-10-20(25,11-13-23)16-6-8-17(21)9-7-16/h6-9,15,18,25H,2-5,10-14H2,1H3,(H,22,24)/p+1/t15-,18-/m0/s1. The predicted octanol–water partition coefficient (Wildman–Crippen LogP) is 1.39. The van der Waals surface area contributed by atoms with Crippen molar-refractivity contribution < 1.29 is 19.2 Å². The molecule has 1 aliphatic heterocycles. The Morgan fingerprint density at radius 2 is 1.88 bits per heavy atom. The van der Waals surface area contributed by atoms with E-state index in [2.05, 4.69) is 12.2 Å². The van der Waals surface area contributed by atoms with Gasteiger partial charge in [-0.2, -0.15) is 0 Å². The van der Waals surface area contributed by atoms with Crippen LogP contribution in [0, 0.1) is 11.7 Å². The summed E-state index contributed by atoms with van der Waals surface area (Å²) < 4.78 is 13.1. The highest BCUT2D eigenvalue weighted by Crippen LogP contribution is 2.29. The first-order valence-electron chi connectivity index (χ1n) is 9.58. The highest BCUT2D eigenvalue weighted by atomic mass is 19.1. The molecule has 4 nitrogen and oxygen atoms in total. The molecule has 0 spiro atoms. The molecule has 1 amide bonds. The van der Waals surface area contributed by atoms with Gasteiger partial charge in [0.05, 0.1) is 13.1 Å². The van der Waals surface area contributed by atoms with Crippen molar-refractivity contribution in [2.75, 3.05) is 19.6 Å². The molecule has 2 fully saturated rings. The number of quaternary nitrogens is 1. The Labute approximate surface area is 149 Å². The van der Waals surface area contributed by atoms with Crippen LogP contribution in [-0.2, 0) is 10.4 Å². The lowest BCUT2D eigenvalue weighted by atomic mass is 9.84. The number of carbonyl (C=O) groups is 1. The Morgan fingerprint density at radius 1 is 1.24 bits per heavy atom. The van der Waals surface area contributed by atoms with Crippen LogP contribution < -0.4 is 10.2 Å². The molecule has 0 unspecified atom stereocenters. The third-order valence-corrected chi connectivity index (χ3v) is 6.03. The Balaban J connectivity index is 1.48. The zero-order valence-corrected chi connectivity index (χ0v) is 15.1. The molecule has 3 N–H and O–H groups in total. The van der Waals surface area contributed by atoms with Gasteiger partial charge in [0.25, 0.3) is 5.91 Å². The van der Waals surface area contributed by atoms with Crippen molar-refractivity contribution >= 4 is 5.91 Å². The summed E-state index contributed by atoms with van der Waals surface area (Å²) in [5.41, 5.74) is -0.126. The maximum absolute atomic E-state index is 13.1. The van der Waals surface area contributed by atoms with Crippen LogP contribution in [0.1, 0.15) is 51.0 Å². The van der Waals surface area contributed by atoms with Crippen molar-refractivity contribution in [3.05, 3.63) is 35.6 Å². The SMILES string of the molecule is C[C@H]1CCCC[C@@H]1NC(=O)C[NH+]1CCC(O)(c2ccc(F)cc2)CC1. The number of rotatable bonds is 4. The number of benzene rings is 1. The zero-order chi connectivity index (χ0) is 17.9. The van der Waals surface area contributed by atoms with E-state index in [-0.39, 0.29) is 11.7 Å². The van der Waals surface area contributed by atoms with Crippen molar-refractivity contribution in [2.45, 2.75) is 57.1 Å². The lowest BCUT2D eigenvalue weighted by Crippen LogP contribution is -3.14. The van der Waals surface area contributed by atoms with E-state index >= 15 is 0 Å². The minimum Gasteiger partial charge on any atom is -0.385 e. The summed E-state index contributed by atoms with van der Waals surface area (Å²) in [6.45, 7) is 4.20. The van der Waals surface area contributed by atoms with Gasteiger partial charge >= 0.3 is 0 Å².